The van der Waals surface area contributed by atoms with Crippen molar-refractivity contribution in [1.29, 1.82) is 0 Å². The van der Waals surface area contributed by atoms with Crippen LogP contribution in [-0.2, 0) is 5.75 Å². The van der Waals surface area contributed by atoms with E-state index in [0.717, 1.165) is 21.8 Å². The van der Waals surface area contributed by atoms with Crippen molar-refractivity contribution in [1.82, 2.24) is 24.7 Å². The van der Waals surface area contributed by atoms with E-state index in [1.807, 2.05) is 41.8 Å². The zero-order valence-electron chi connectivity index (χ0n) is 18.9. The number of halogens is 2. The second-order valence-electron chi connectivity index (χ2n) is 7.68. The number of anilines is 1. The summed E-state index contributed by atoms with van der Waals surface area (Å²) in [6, 6.07) is 15.0. The Morgan fingerprint density at radius 1 is 1.11 bits per heavy atom. The maximum absolute atomic E-state index is 13.1. The molecule has 1 N–H and O–H groups in total. The van der Waals surface area contributed by atoms with Crippen molar-refractivity contribution in [2.75, 3.05) is 5.32 Å². The third-order valence-corrected chi connectivity index (χ3v) is 7.40. The van der Waals surface area contributed by atoms with Crippen molar-refractivity contribution in [2.24, 2.45) is 0 Å². The van der Waals surface area contributed by atoms with E-state index in [9.17, 15) is 9.18 Å². The average molecular weight is 537 g/mol. The quantitative estimate of drug-likeness (QED) is 0.241. The first kappa shape index (κ1) is 24.1. The molecule has 3 aromatic heterocycles. The van der Waals surface area contributed by atoms with Crippen LogP contribution < -0.4 is 5.32 Å². The third-order valence-electron chi connectivity index (χ3n) is 5.20. The smallest absolute Gasteiger partial charge is 0.275 e. The van der Waals surface area contributed by atoms with Crippen LogP contribution in [0.4, 0.5) is 10.1 Å². The summed E-state index contributed by atoms with van der Waals surface area (Å²) in [5, 5.41) is 15.3. The monoisotopic (exact) mass is 536 g/mol. The van der Waals surface area contributed by atoms with Gasteiger partial charge in [-0.1, -0.05) is 29.4 Å². The van der Waals surface area contributed by atoms with Crippen LogP contribution in [0.1, 0.15) is 21.1 Å². The van der Waals surface area contributed by atoms with Gasteiger partial charge in [-0.3, -0.25) is 14.3 Å². The maximum atomic E-state index is 13.1. The maximum Gasteiger partial charge on any atom is 0.275 e. The topological polar surface area (TPSA) is 85.6 Å². The predicted octanol–water partition coefficient (Wildman–Crippen LogP) is 6.43. The molecule has 0 spiro atoms. The molecule has 1 amide bonds. The lowest BCUT2D eigenvalue weighted by Crippen LogP contribution is -2.12. The van der Waals surface area contributed by atoms with Gasteiger partial charge in [0.25, 0.3) is 5.91 Å². The number of nitrogens with one attached hydrogen (secondary N) is 1. The van der Waals surface area contributed by atoms with Crippen LogP contribution >= 0.6 is 34.7 Å². The minimum absolute atomic E-state index is 0.296. The van der Waals surface area contributed by atoms with Gasteiger partial charge in [-0.15, -0.1) is 21.5 Å². The molecule has 5 rings (SSSR count). The van der Waals surface area contributed by atoms with E-state index in [1.165, 1.54) is 47.4 Å². The van der Waals surface area contributed by atoms with Gasteiger partial charge in [0.1, 0.15) is 16.5 Å². The summed E-state index contributed by atoms with van der Waals surface area (Å²) in [6.07, 6.45) is 3.42. The number of pyridine rings is 1. The van der Waals surface area contributed by atoms with Gasteiger partial charge >= 0.3 is 0 Å². The molecule has 0 saturated carbocycles. The molecule has 2 aromatic carbocycles. The lowest BCUT2D eigenvalue weighted by Gasteiger charge is -2.13. The molecule has 0 bridgehead atoms. The van der Waals surface area contributed by atoms with Crippen LogP contribution in [0.15, 0.2) is 77.5 Å². The van der Waals surface area contributed by atoms with Crippen LogP contribution in [0.3, 0.4) is 0 Å². The van der Waals surface area contributed by atoms with Crippen molar-refractivity contribution in [3.8, 4) is 17.1 Å². The number of thioether (sulfide) groups is 1. The first-order valence-electron chi connectivity index (χ1n) is 10.7. The Labute approximate surface area is 219 Å². The van der Waals surface area contributed by atoms with E-state index in [0.29, 0.717) is 33.1 Å². The summed E-state index contributed by atoms with van der Waals surface area (Å²) >= 11 is 9.16. The fraction of sp³-hybridized carbons (Fsp3) is 0.0800. The molecular formula is C25H18ClFN6OS2. The largest absolute Gasteiger partial charge is 0.321 e. The Bertz CT molecular complexity index is 1520. The first-order chi connectivity index (χ1) is 17.5. The number of thiazole rings is 1. The zero-order valence-corrected chi connectivity index (χ0v) is 21.2. The zero-order chi connectivity index (χ0) is 25.1. The lowest BCUT2D eigenvalue weighted by molar-refractivity contribution is 0.102. The van der Waals surface area contributed by atoms with Crippen LogP contribution in [-0.4, -0.2) is 30.6 Å². The summed E-state index contributed by atoms with van der Waals surface area (Å²) in [5.74, 6) is 0.437. The molecular weight excluding hydrogens is 519 g/mol. The summed E-state index contributed by atoms with van der Waals surface area (Å²) in [4.78, 5) is 21.1. The molecule has 180 valence electrons. The van der Waals surface area contributed by atoms with Gasteiger partial charge in [-0.05, 0) is 61.0 Å². The summed E-state index contributed by atoms with van der Waals surface area (Å²) in [5.41, 5.74) is 3.56. The van der Waals surface area contributed by atoms with E-state index >= 15 is 0 Å². The van der Waals surface area contributed by atoms with Gasteiger partial charge in [0.15, 0.2) is 11.0 Å². The Balaban J connectivity index is 1.38. The second-order valence-corrected chi connectivity index (χ2v) is 10.0. The van der Waals surface area contributed by atoms with Crippen molar-refractivity contribution >= 4 is 46.3 Å². The van der Waals surface area contributed by atoms with E-state index in [1.54, 1.807) is 17.8 Å². The van der Waals surface area contributed by atoms with Crippen molar-refractivity contribution in [2.45, 2.75) is 17.8 Å². The van der Waals surface area contributed by atoms with Crippen molar-refractivity contribution in [3.63, 3.8) is 0 Å². The molecule has 0 saturated heterocycles. The molecule has 0 atom stereocenters. The highest BCUT2D eigenvalue weighted by atomic mass is 35.5. The second kappa shape index (κ2) is 10.6. The number of hydrogen-bond acceptors (Lipinski definition) is 7. The van der Waals surface area contributed by atoms with E-state index < -0.39 is 0 Å². The Hall–Kier alpha value is -3.60. The summed E-state index contributed by atoms with van der Waals surface area (Å²) in [6.45, 7) is 2.00. The van der Waals surface area contributed by atoms with E-state index in [4.69, 9.17) is 11.6 Å². The van der Waals surface area contributed by atoms with Crippen molar-refractivity contribution in [3.05, 3.63) is 99.5 Å². The summed E-state index contributed by atoms with van der Waals surface area (Å²) < 4.78 is 15.1. The number of carbonyl (C=O) groups is 1. The minimum atomic E-state index is -0.367. The standard InChI is InChI=1S/C25H18ClFN6OS2/c1-15-2-3-17(26)12-21(15)33-23(16-8-10-28-11-9-16)31-32-25(33)36-14-22-30-20(13-35-22)24(34)29-19-6-4-18(27)5-7-19/h2-13H,14H2,1H3,(H,29,34). The normalized spacial score (nSPS) is 11.0. The lowest BCUT2D eigenvalue weighted by atomic mass is 10.2. The number of carbonyl (C=O) groups excluding carboxylic acids is 1. The number of hydrogen-bond donors (Lipinski definition) is 1. The van der Waals surface area contributed by atoms with Crippen LogP contribution in [0.25, 0.3) is 17.1 Å². The molecule has 36 heavy (non-hydrogen) atoms. The number of rotatable bonds is 7. The number of amides is 1. The molecule has 0 aliphatic heterocycles. The van der Waals surface area contributed by atoms with Gasteiger partial charge in [-0.25, -0.2) is 9.37 Å². The van der Waals surface area contributed by atoms with Gasteiger partial charge < -0.3 is 5.32 Å². The average Bonchev–Trinajstić information content (AvgIpc) is 3.53. The highest BCUT2D eigenvalue weighted by Gasteiger charge is 2.19. The number of aryl methyl sites for hydroxylation is 1. The van der Waals surface area contributed by atoms with Gasteiger partial charge in [0, 0.05) is 34.0 Å². The SMILES string of the molecule is Cc1ccc(Cl)cc1-n1c(SCc2nc(C(=O)Nc3ccc(F)cc3)cs2)nnc1-c1ccncc1. The molecule has 7 nitrogen and oxygen atoms in total. The molecule has 0 aliphatic rings. The van der Waals surface area contributed by atoms with E-state index in [-0.39, 0.29) is 11.7 Å². The fourth-order valence-electron chi connectivity index (χ4n) is 3.43. The fourth-order valence-corrected chi connectivity index (χ4v) is 5.33. The molecule has 3 heterocycles. The number of aromatic nitrogens is 5. The molecule has 0 fully saturated rings. The van der Waals surface area contributed by atoms with Crippen LogP contribution in [0, 0.1) is 12.7 Å². The Morgan fingerprint density at radius 2 is 1.89 bits per heavy atom. The highest BCUT2D eigenvalue weighted by Crippen LogP contribution is 2.32. The van der Waals surface area contributed by atoms with Gasteiger partial charge in [0.05, 0.1) is 11.4 Å². The Kier molecular flexibility index (Phi) is 7.08. The molecule has 0 radical (unpaired) electrons. The molecule has 11 heteroatoms. The Morgan fingerprint density at radius 3 is 2.67 bits per heavy atom. The molecule has 5 aromatic rings. The van der Waals surface area contributed by atoms with Crippen LogP contribution in [0.5, 0.6) is 0 Å². The third kappa shape index (κ3) is 5.30. The molecule has 0 aliphatic carbocycles. The highest BCUT2D eigenvalue weighted by molar-refractivity contribution is 7.98. The van der Waals surface area contributed by atoms with Gasteiger partial charge in [-0.2, -0.15) is 0 Å². The van der Waals surface area contributed by atoms with Crippen LogP contribution in [0.2, 0.25) is 5.02 Å². The van der Waals surface area contributed by atoms with Crippen molar-refractivity contribution < 1.29 is 9.18 Å². The van der Waals surface area contributed by atoms with Gasteiger partial charge in [0.2, 0.25) is 0 Å². The number of nitrogens with zero attached hydrogens (tertiary/aromatic N) is 5. The predicted molar refractivity (Wildman–Crippen MR) is 140 cm³/mol. The van der Waals surface area contributed by atoms with E-state index in [2.05, 4.69) is 25.5 Å². The first-order valence-corrected chi connectivity index (χ1v) is 13.0. The minimum Gasteiger partial charge on any atom is -0.321 e. The molecule has 0 unspecified atom stereocenters. The summed E-state index contributed by atoms with van der Waals surface area (Å²) in [7, 11) is 0. The number of benzene rings is 2.